The van der Waals surface area contributed by atoms with E-state index in [-0.39, 0.29) is 21.9 Å². The van der Waals surface area contributed by atoms with Crippen LogP contribution in [-0.4, -0.2) is 31.2 Å². The number of pyridine rings is 1. The molecule has 0 aromatic carbocycles. The van der Waals surface area contributed by atoms with Crippen molar-refractivity contribution in [2.24, 2.45) is 5.92 Å². The van der Waals surface area contributed by atoms with Crippen molar-refractivity contribution in [2.45, 2.75) is 36.7 Å². The monoisotopic (exact) mass is 304 g/mol. The van der Waals surface area contributed by atoms with Crippen molar-refractivity contribution in [1.29, 1.82) is 0 Å². The van der Waals surface area contributed by atoms with E-state index in [1.165, 1.54) is 18.5 Å². The molecule has 0 spiro atoms. The van der Waals surface area contributed by atoms with Gasteiger partial charge in [-0.25, -0.2) is 13.1 Å². The van der Waals surface area contributed by atoms with E-state index in [9.17, 15) is 13.5 Å². The van der Waals surface area contributed by atoms with Gasteiger partial charge in [-0.1, -0.05) is 11.6 Å². The van der Waals surface area contributed by atoms with Gasteiger partial charge in [-0.3, -0.25) is 4.98 Å². The van der Waals surface area contributed by atoms with Gasteiger partial charge in [-0.05, 0) is 37.7 Å². The Labute approximate surface area is 118 Å². The van der Waals surface area contributed by atoms with Gasteiger partial charge < -0.3 is 5.11 Å². The second kappa shape index (κ2) is 6.17. The summed E-state index contributed by atoms with van der Waals surface area (Å²) in [7, 11) is -3.61. The number of aromatic nitrogens is 1. The zero-order chi connectivity index (χ0) is 13.9. The van der Waals surface area contributed by atoms with Crippen LogP contribution in [0.25, 0.3) is 0 Å². The van der Waals surface area contributed by atoms with Gasteiger partial charge in [0.15, 0.2) is 0 Å². The quantitative estimate of drug-likeness (QED) is 0.885. The van der Waals surface area contributed by atoms with Gasteiger partial charge >= 0.3 is 0 Å². The number of halogens is 1. The molecule has 0 saturated heterocycles. The van der Waals surface area contributed by atoms with Crippen LogP contribution in [0.4, 0.5) is 0 Å². The van der Waals surface area contributed by atoms with Gasteiger partial charge in [0.2, 0.25) is 10.0 Å². The topological polar surface area (TPSA) is 79.3 Å². The molecule has 1 saturated carbocycles. The van der Waals surface area contributed by atoms with Gasteiger partial charge in [0.25, 0.3) is 0 Å². The van der Waals surface area contributed by atoms with E-state index in [0.29, 0.717) is 6.54 Å². The first-order valence-corrected chi connectivity index (χ1v) is 8.12. The summed E-state index contributed by atoms with van der Waals surface area (Å²) in [6, 6.07) is 1.45. The first-order valence-electron chi connectivity index (χ1n) is 6.26. The van der Waals surface area contributed by atoms with Gasteiger partial charge in [0, 0.05) is 18.9 Å². The van der Waals surface area contributed by atoms with Gasteiger partial charge in [-0.2, -0.15) is 0 Å². The molecule has 1 aliphatic rings. The summed E-state index contributed by atoms with van der Waals surface area (Å²) >= 11 is 5.86. The van der Waals surface area contributed by atoms with Crippen molar-refractivity contribution in [3.63, 3.8) is 0 Å². The van der Waals surface area contributed by atoms with Crippen LogP contribution in [0.3, 0.4) is 0 Å². The van der Waals surface area contributed by atoms with E-state index in [1.54, 1.807) is 0 Å². The maximum atomic E-state index is 12.1. The molecule has 7 heteroatoms. The molecular formula is C12H17ClN2O3S. The lowest BCUT2D eigenvalue weighted by molar-refractivity contribution is 0.109. The van der Waals surface area contributed by atoms with Crippen LogP contribution in [0.5, 0.6) is 0 Å². The minimum atomic E-state index is -3.61. The summed E-state index contributed by atoms with van der Waals surface area (Å²) in [5.74, 6) is 0.272. The number of aliphatic hydroxyl groups is 1. The molecule has 0 radical (unpaired) electrons. The summed E-state index contributed by atoms with van der Waals surface area (Å²) < 4.78 is 26.7. The fourth-order valence-electron chi connectivity index (χ4n) is 2.22. The molecule has 1 fully saturated rings. The molecule has 2 N–H and O–H groups in total. The number of aliphatic hydroxyl groups excluding tert-OH is 1. The van der Waals surface area contributed by atoms with E-state index >= 15 is 0 Å². The van der Waals surface area contributed by atoms with Gasteiger partial charge in [0.1, 0.15) is 4.90 Å². The standard InChI is InChI=1S/C12H17ClN2O3S/c13-11-5-6-14-8-12(11)19(17,18)15-7-9-1-3-10(16)4-2-9/h5-6,8-10,15-16H,1-4,7H2. The Bertz CT molecular complexity index is 528. The highest BCUT2D eigenvalue weighted by atomic mass is 35.5. The Hall–Kier alpha value is -0.690. The van der Waals surface area contributed by atoms with Crippen LogP contribution in [0.1, 0.15) is 25.7 Å². The predicted octanol–water partition coefficient (Wildman–Crippen LogP) is 1.56. The van der Waals surface area contributed by atoms with Crippen molar-refractivity contribution >= 4 is 21.6 Å². The summed E-state index contributed by atoms with van der Waals surface area (Å²) in [6.07, 6.45) is 5.61. The van der Waals surface area contributed by atoms with E-state index in [1.807, 2.05) is 0 Å². The van der Waals surface area contributed by atoms with Crippen molar-refractivity contribution < 1.29 is 13.5 Å². The summed E-state index contributed by atoms with van der Waals surface area (Å²) in [5.41, 5.74) is 0. The van der Waals surface area contributed by atoms with E-state index < -0.39 is 10.0 Å². The number of hydrogen-bond acceptors (Lipinski definition) is 4. The lowest BCUT2D eigenvalue weighted by atomic mass is 9.88. The lowest BCUT2D eigenvalue weighted by Crippen LogP contribution is -2.32. The second-order valence-corrected chi connectivity index (χ2v) is 6.98. The average molecular weight is 305 g/mol. The summed E-state index contributed by atoms with van der Waals surface area (Å²) in [5, 5.41) is 9.57. The zero-order valence-electron chi connectivity index (χ0n) is 10.4. The van der Waals surface area contributed by atoms with Crippen molar-refractivity contribution in [1.82, 2.24) is 9.71 Å². The molecule has 0 unspecified atom stereocenters. The lowest BCUT2D eigenvalue weighted by Gasteiger charge is -2.25. The molecule has 0 bridgehead atoms. The molecule has 1 aromatic rings. The van der Waals surface area contributed by atoms with E-state index in [4.69, 9.17) is 11.6 Å². The normalized spacial score (nSPS) is 24.3. The molecule has 0 atom stereocenters. The molecule has 0 amide bonds. The fraction of sp³-hybridized carbons (Fsp3) is 0.583. The van der Waals surface area contributed by atoms with Gasteiger partial charge in [0.05, 0.1) is 11.1 Å². The third kappa shape index (κ3) is 3.89. The smallest absolute Gasteiger partial charge is 0.243 e. The Balaban J connectivity index is 1.97. The number of hydrogen-bond donors (Lipinski definition) is 2. The maximum Gasteiger partial charge on any atom is 0.243 e. The molecule has 1 aliphatic carbocycles. The largest absolute Gasteiger partial charge is 0.393 e. The number of rotatable bonds is 4. The Morgan fingerprint density at radius 1 is 1.37 bits per heavy atom. The Morgan fingerprint density at radius 3 is 2.68 bits per heavy atom. The molecular weight excluding hydrogens is 288 g/mol. The van der Waals surface area contributed by atoms with Crippen molar-refractivity contribution in [3.8, 4) is 0 Å². The third-order valence-corrected chi connectivity index (χ3v) is 5.29. The number of sulfonamides is 1. The third-order valence-electron chi connectivity index (χ3n) is 3.40. The highest BCUT2D eigenvalue weighted by Crippen LogP contribution is 2.24. The highest BCUT2D eigenvalue weighted by Gasteiger charge is 2.23. The molecule has 106 valence electrons. The summed E-state index contributed by atoms with van der Waals surface area (Å²) in [4.78, 5) is 3.79. The highest BCUT2D eigenvalue weighted by molar-refractivity contribution is 7.89. The second-order valence-electron chi connectivity index (χ2n) is 4.83. The molecule has 1 aromatic heterocycles. The van der Waals surface area contributed by atoms with Crippen molar-refractivity contribution in [3.05, 3.63) is 23.5 Å². The molecule has 0 aliphatic heterocycles. The molecule has 2 rings (SSSR count). The molecule has 19 heavy (non-hydrogen) atoms. The van der Waals surface area contributed by atoms with Crippen molar-refractivity contribution in [2.75, 3.05) is 6.54 Å². The first kappa shape index (κ1) is 14.7. The minimum absolute atomic E-state index is 0.00695. The Morgan fingerprint density at radius 2 is 2.05 bits per heavy atom. The SMILES string of the molecule is O=S(=O)(NCC1CCC(O)CC1)c1cnccc1Cl. The predicted molar refractivity (Wildman–Crippen MR) is 72.4 cm³/mol. The molecule has 5 nitrogen and oxygen atoms in total. The van der Waals surface area contributed by atoms with Crippen LogP contribution < -0.4 is 4.72 Å². The van der Waals surface area contributed by atoms with E-state index in [0.717, 1.165) is 25.7 Å². The Kier molecular flexibility index (Phi) is 4.78. The zero-order valence-corrected chi connectivity index (χ0v) is 12.0. The summed E-state index contributed by atoms with van der Waals surface area (Å²) in [6.45, 7) is 0.375. The maximum absolute atomic E-state index is 12.1. The number of nitrogens with zero attached hydrogens (tertiary/aromatic N) is 1. The van der Waals surface area contributed by atoms with E-state index in [2.05, 4.69) is 9.71 Å². The fourth-order valence-corrected chi connectivity index (χ4v) is 3.76. The molecule has 1 heterocycles. The number of nitrogens with one attached hydrogen (secondary N) is 1. The van der Waals surface area contributed by atoms with Gasteiger partial charge in [-0.15, -0.1) is 0 Å². The van der Waals surface area contributed by atoms with Crippen LogP contribution >= 0.6 is 11.6 Å². The first-order chi connectivity index (χ1) is 8.99. The average Bonchev–Trinajstić information content (AvgIpc) is 2.38. The van der Waals surface area contributed by atoms with Crippen LogP contribution in [-0.2, 0) is 10.0 Å². The van der Waals surface area contributed by atoms with Crippen LogP contribution in [0.15, 0.2) is 23.4 Å². The minimum Gasteiger partial charge on any atom is -0.393 e. The van der Waals surface area contributed by atoms with Crippen LogP contribution in [0, 0.1) is 5.92 Å². The van der Waals surface area contributed by atoms with Crippen LogP contribution in [0.2, 0.25) is 5.02 Å².